The lowest BCUT2D eigenvalue weighted by molar-refractivity contribution is -0.499. The molecule has 0 aromatic heterocycles. The Labute approximate surface area is 134 Å². The van der Waals surface area contributed by atoms with Gasteiger partial charge >= 0.3 is 0 Å². The molecule has 3 rings (SSSR count). The highest BCUT2D eigenvalue weighted by atomic mass is 17.3. The van der Waals surface area contributed by atoms with Gasteiger partial charge in [-0.05, 0) is 47.6 Å². The molecule has 1 saturated carbocycles. The van der Waals surface area contributed by atoms with Gasteiger partial charge in [-0.3, -0.25) is 9.59 Å². The molecule has 0 unspecified atom stereocenters. The molecule has 2 fully saturated rings. The van der Waals surface area contributed by atoms with Crippen molar-refractivity contribution in [3.63, 3.8) is 0 Å². The summed E-state index contributed by atoms with van der Waals surface area (Å²) in [6.45, 7) is 9.52. The minimum Gasteiger partial charge on any atom is -0.359 e. The van der Waals surface area contributed by atoms with Gasteiger partial charge in [0.2, 0.25) is 11.6 Å². The molecule has 7 heteroatoms. The van der Waals surface area contributed by atoms with Crippen molar-refractivity contribution < 1.29 is 33.9 Å². The third-order valence-electron chi connectivity index (χ3n) is 4.87. The monoisotopic (exact) mass is 326 g/mol. The first-order valence-corrected chi connectivity index (χ1v) is 7.54. The van der Waals surface area contributed by atoms with Crippen LogP contribution in [0.15, 0.2) is 11.6 Å². The topological polar surface area (TPSA) is 91.3 Å². The summed E-state index contributed by atoms with van der Waals surface area (Å²) in [4.78, 5) is 35.9. The number of ketones is 2. The average molecular weight is 326 g/mol. The second-order valence-electron chi connectivity index (χ2n) is 7.88. The standard InChI is InChI=1S/C16H22O7/c1-12(2)10(17)9-7-15(8-20-14(5,6)21-15)22-23-16(9,19)13(3,4)11(12)18/h7,19H,8H2,1-6H3/t15-,16+/m0/s1. The van der Waals surface area contributed by atoms with Crippen molar-refractivity contribution in [3.05, 3.63) is 11.6 Å². The maximum Gasteiger partial charge on any atom is 0.247 e. The number of fused-ring (bicyclic) bond motifs is 1. The maximum atomic E-state index is 12.8. The fourth-order valence-electron chi connectivity index (χ4n) is 3.41. The van der Waals surface area contributed by atoms with Gasteiger partial charge in [-0.25, -0.2) is 0 Å². The Bertz CT molecular complexity index is 630. The molecule has 7 nitrogen and oxygen atoms in total. The second kappa shape index (κ2) is 4.29. The molecule has 2 heterocycles. The molecule has 0 aromatic carbocycles. The van der Waals surface area contributed by atoms with E-state index in [2.05, 4.69) is 0 Å². The molecule has 0 aromatic rings. The molecule has 128 valence electrons. The number of ether oxygens (including phenoxy) is 2. The van der Waals surface area contributed by atoms with Crippen LogP contribution in [0.5, 0.6) is 0 Å². The predicted molar refractivity (Wildman–Crippen MR) is 76.6 cm³/mol. The van der Waals surface area contributed by atoms with E-state index in [0.29, 0.717) is 0 Å². The summed E-state index contributed by atoms with van der Waals surface area (Å²) >= 11 is 0. The first-order valence-electron chi connectivity index (χ1n) is 7.54. The van der Waals surface area contributed by atoms with Gasteiger partial charge in [-0.1, -0.05) is 0 Å². The van der Waals surface area contributed by atoms with Crippen molar-refractivity contribution >= 4 is 11.6 Å². The Kier molecular flexibility index (Phi) is 3.12. The normalized spacial score (nSPS) is 40.9. The highest BCUT2D eigenvalue weighted by Crippen LogP contribution is 2.54. The van der Waals surface area contributed by atoms with E-state index in [1.165, 1.54) is 33.8 Å². The molecule has 0 bridgehead atoms. The smallest absolute Gasteiger partial charge is 0.247 e. The molecular formula is C16H22O7. The van der Waals surface area contributed by atoms with Crippen molar-refractivity contribution in [3.8, 4) is 0 Å². The van der Waals surface area contributed by atoms with Crippen LogP contribution in [0.2, 0.25) is 0 Å². The largest absolute Gasteiger partial charge is 0.359 e. The molecule has 1 N–H and O–H groups in total. The summed E-state index contributed by atoms with van der Waals surface area (Å²) < 4.78 is 11.2. The zero-order valence-electron chi connectivity index (χ0n) is 14.2. The van der Waals surface area contributed by atoms with Crippen LogP contribution < -0.4 is 0 Å². The lowest BCUT2D eigenvalue weighted by Crippen LogP contribution is -2.67. The minimum absolute atomic E-state index is 0.00165. The summed E-state index contributed by atoms with van der Waals surface area (Å²) in [6, 6.07) is 0. The Morgan fingerprint density at radius 2 is 1.65 bits per heavy atom. The van der Waals surface area contributed by atoms with Crippen molar-refractivity contribution in [1.29, 1.82) is 0 Å². The summed E-state index contributed by atoms with van der Waals surface area (Å²) in [5.74, 6) is -5.45. The quantitative estimate of drug-likeness (QED) is 0.529. The van der Waals surface area contributed by atoms with Gasteiger partial charge in [0.15, 0.2) is 17.4 Å². The summed E-state index contributed by atoms with van der Waals surface area (Å²) in [6.07, 6.45) is 1.38. The Balaban J connectivity index is 2.14. The van der Waals surface area contributed by atoms with E-state index in [9.17, 15) is 14.7 Å². The third-order valence-corrected chi connectivity index (χ3v) is 4.87. The van der Waals surface area contributed by atoms with Crippen LogP contribution in [0.4, 0.5) is 0 Å². The van der Waals surface area contributed by atoms with E-state index < -0.39 is 39.8 Å². The Morgan fingerprint density at radius 3 is 2.17 bits per heavy atom. The zero-order valence-corrected chi connectivity index (χ0v) is 14.2. The molecule has 1 saturated heterocycles. The first kappa shape index (κ1) is 16.7. The van der Waals surface area contributed by atoms with Gasteiger partial charge in [0, 0.05) is 0 Å². The molecule has 1 aliphatic carbocycles. The van der Waals surface area contributed by atoms with Gasteiger partial charge in [0.1, 0.15) is 6.61 Å². The minimum atomic E-state index is -2.17. The second-order valence-corrected chi connectivity index (χ2v) is 7.88. The lowest BCUT2D eigenvalue weighted by Gasteiger charge is -2.51. The first-order chi connectivity index (χ1) is 10.3. The summed E-state index contributed by atoms with van der Waals surface area (Å²) in [5, 5.41) is 10.9. The third kappa shape index (κ3) is 2.01. The highest BCUT2D eigenvalue weighted by Gasteiger charge is 2.68. The molecule has 23 heavy (non-hydrogen) atoms. The predicted octanol–water partition coefficient (Wildman–Crippen LogP) is 1.25. The molecule has 2 aliphatic heterocycles. The van der Waals surface area contributed by atoms with E-state index in [-0.39, 0.29) is 12.2 Å². The van der Waals surface area contributed by atoms with Crippen molar-refractivity contribution in [2.75, 3.05) is 6.61 Å². The SMILES string of the molecule is CC1(C)OC[C@@]2(C=C3C(=O)C(C)(C)C(=O)C(C)(C)[C@]3(O)OO2)O1. The highest BCUT2D eigenvalue weighted by molar-refractivity contribution is 6.19. The van der Waals surface area contributed by atoms with Gasteiger partial charge in [0.05, 0.1) is 16.4 Å². The van der Waals surface area contributed by atoms with Gasteiger partial charge < -0.3 is 14.6 Å². The molecule has 2 atom stereocenters. The van der Waals surface area contributed by atoms with E-state index in [1.54, 1.807) is 13.8 Å². The van der Waals surface area contributed by atoms with Crippen LogP contribution in [-0.2, 0) is 28.8 Å². The average Bonchev–Trinajstić information content (AvgIpc) is 2.74. The maximum absolute atomic E-state index is 12.8. The molecular weight excluding hydrogens is 304 g/mol. The Hall–Kier alpha value is -1.12. The number of hydrogen-bond donors (Lipinski definition) is 1. The van der Waals surface area contributed by atoms with E-state index in [1.807, 2.05) is 0 Å². The fraction of sp³-hybridized carbons (Fsp3) is 0.750. The van der Waals surface area contributed by atoms with Crippen LogP contribution in [0, 0.1) is 10.8 Å². The van der Waals surface area contributed by atoms with Crippen LogP contribution in [0.25, 0.3) is 0 Å². The van der Waals surface area contributed by atoms with Gasteiger partial charge in [-0.2, -0.15) is 9.78 Å². The number of Topliss-reactive ketones (excluding diaryl/α,β-unsaturated/α-hetero) is 2. The number of carbonyl (C=O) groups excluding carboxylic acids is 2. The summed E-state index contributed by atoms with van der Waals surface area (Å²) in [5.41, 5.74) is -2.69. The van der Waals surface area contributed by atoms with Crippen molar-refractivity contribution in [1.82, 2.24) is 0 Å². The molecule has 0 radical (unpaired) electrons. The van der Waals surface area contributed by atoms with Crippen LogP contribution in [-0.4, -0.2) is 40.6 Å². The molecule has 0 amide bonds. The number of rotatable bonds is 0. The van der Waals surface area contributed by atoms with Crippen molar-refractivity contribution in [2.24, 2.45) is 10.8 Å². The van der Waals surface area contributed by atoms with Crippen LogP contribution in [0.1, 0.15) is 41.5 Å². The summed E-state index contributed by atoms with van der Waals surface area (Å²) in [7, 11) is 0. The lowest BCUT2D eigenvalue weighted by atomic mass is 9.58. The van der Waals surface area contributed by atoms with E-state index in [4.69, 9.17) is 19.2 Å². The van der Waals surface area contributed by atoms with E-state index in [0.717, 1.165) is 0 Å². The van der Waals surface area contributed by atoms with Gasteiger partial charge in [-0.15, -0.1) is 0 Å². The fourth-order valence-corrected chi connectivity index (χ4v) is 3.41. The van der Waals surface area contributed by atoms with Crippen molar-refractivity contribution in [2.45, 2.75) is 58.9 Å². The van der Waals surface area contributed by atoms with E-state index >= 15 is 0 Å². The molecule has 1 spiro atoms. The van der Waals surface area contributed by atoms with Crippen LogP contribution in [0.3, 0.4) is 0 Å². The Morgan fingerprint density at radius 1 is 1.04 bits per heavy atom. The number of aliphatic hydroxyl groups is 1. The number of hydrogen-bond acceptors (Lipinski definition) is 7. The number of carbonyl (C=O) groups is 2. The zero-order chi connectivity index (χ0) is 17.5. The molecule has 3 aliphatic rings. The van der Waals surface area contributed by atoms with Gasteiger partial charge in [0.25, 0.3) is 0 Å². The van der Waals surface area contributed by atoms with Crippen LogP contribution >= 0.6 is 0 Å².